The Morgan fingerprint density at radius 3 is 2.84 bits per heavy atom. The molecule has 0 aromatic heterocycles. The van der Waals surface area contributed by atoms with Crippen LogP contribution in [-0.4, -0.2) is 25.7 Å². The Morgan fingerprint density at radius 1 is 1.47 bits per heavy atom. The van der Waals surface area contributed by atoms with Crippen molar-refractivity contribution in [2.45, 2.75) is 19.8 Å². The zero-order valence-corrected chi connectivity index (χ0v) is 14.6. The van der Waals surface area contributed by atoms with E-state index in [-0.39, 0.29) is 11.3 Å². The fourth-order valence-corrected chi connectivity index (χ4v) is 3.04. The fraction of sp³-hybridized carbons (Fsp3) is 0.500. The Hall–Kier alpha value is -0.140. The number of hydrogen-bond acceptors (Lipinski definition) is 2. The van der Waals surface area contributed by atoms with Crippen LogP contribution in [0.15, 0.2) is 22.7 Å². The Kier molecular flexibility index (Phi) is 5.25. The number of nitrogens with one attached hydrogen (secondary N) is 1. The maximum Gasteiger partial charge on any atom is 0.252 e. The molecule has 1 fully saturated rings. The molecule has 1 aliphatic heterocycles. The van der Waals surface area contributed by atoms with Crippen molar-refractivity contribution in [3.63, 3.8) is 0 Å². The van der Waals surface area contributed by atoms with Crippen LogP contribution in [0.5, 0.6) is 0 Å². The molecule has 0 atom stereocenters. The largest absolute Gasteiger partial charge is 0.381 e. The second-order valence-corrected chi connectivity index (χ2v) is 7.31. The van der Waals surface area contributed by atoms with Crippen molar-refractivity contribution in [3.05, 3.63) is 31.8 Å². The van der Waals surface area contributed by atoms with Crippen molar-refractivity contribution in [2.75, 3.05) is 19.8 Å². The monoisotopic (exact) mass is 437 g/mol. The van der Waals surface area contributed by atoms with E-state index in [2.05, 4.69) is 50.8 Å². The van der Waals surface area contributed by atoms with Gasteiger partial charge in [0.25, 0.3) is 5.91 Å². The highest BCUT2D eigenvalue weighted by Crippen LogP contribution is 2.29. The van der Waals surface area contributed by atoms with E-state index in [1.54, 1.807) is 0 Å². The number of hydrogen-bond donors (Lipinski definition) is 1. The van der Waals surface area contributed by atoms with E-state index >= 15 is 0 Å². The molecule has 1 aromatic carbocycles. The van der Waals surface area contributed by atoms with Crippen LogP contribution in [0.4, 0.5) is 0 Å². The summed E-state index contributed by atoms with van der Waals surface area (Å²) in [6.07, 6.45) is 2.01. The first-order valence-corrected chi connectivity index (χ1v) is 8.18. The fourth-order valence-electron chi connectivity index (χ4n) is 2.10. The lowest BCUT2D eigenvalue weighted by Gasteiger charge is -2.33. The van der Waals surface area contributed by atoms with Gasteiger partial charge in [-0.05, 0) is 59.0 Å². The Morgan fingerprint density at radius 2 is 2.16 bits per heavy atom. The van der Waals surface area contributed by atoms with Gasteiger partial charge in [-0.1, -0.05) is 22.9 Å². The van der Waals surface area contributed by atoms with Gasteiger partial charge in [-0.15, -0.1) is 0 Å². The lowest BCUT2D eigenvalue weighted by molar-refractivity contribution is 0.0238. The van der Waals surface area contributed by atoms with Crippen molar-refractivity contribution < 1.29 is 9.53 Å². The van der Waals surface area contributed by atoms with Crippen LogP contribution >= 0.6 is 38.5 Å². The molecular weight excluding hydrogens is 421 g/mol. The topological polar surface area (TPSA) is 38.3 Å². The van der Waals surface area contributed by atoms with Gasteiger partial charge in [0.1, 0.15) is 0 Å². The van der Waals surface area contributed by atoms with E-state index in [1.807, 2.05) is 18.2 Å². The summed E-state index contributed by atoms with van der Waals surface area (Å²) in [6, 6.07) is 5.75. The first-order chi connectivity index (χ1) is 9.00. The summed E-state index contributed by atoms with van der Waals surface area (Å²) in [7, 11) is 0. The number of halogens is 2. The third-order valence-corrected chi connectivity index (χ3v) is 4.98. The van der Waals surface area contributed by atoms with Crippen LogP contribution in [0.1, 0.15) is 30.1 Å². The van der Waals surface area contributed by atoms with Gasteiger partial charge in [0, 0.05) is 27.8 Å². The molecule has 0 spiro atoms. The molecule has 0 aliphatic carbocycles. The SMILES string of the molecule is CC1(CNC(=O)c2cc(Br)ccc2I)CCOCC1. The second kappa shape index (κ2) is 6.54. The van der Waals surface area contributed by atoms with Crippen LogP contribution < -0.4 is 5.32 Å². The van der Waals surface area contributed by atoms with Gasteiger partial charge in [0.2, 0.25) is 0 Å². The van der Waals surface area contributed by atoms with E-state index < -0.39 is 0 Å². The average Bonchev–Trinajstić information content (AvgIpc) is 2.40. The number of amides is 1. The third-order valence-electron chi connectivity index (χ3n) is 3.55. The van der Waals surface area contributed by atoms with Crippen LogP contribution in [0, 0.1) is 8.99 Å². The van der Waals surface area contributed by atoms with Crippen LogP contribution in [0.25, 0.3) is 0 Å². The molecule has 3 nitrogen and oxygen atoms in total. The van der Waals surface area contributed by atoms with Gasteiger partial charge < -0.3 is 10.1 Å². The highest BCUT2D eigenvalue weighted by Gasteiger charge is 2.28. The zero-order valence-electron chi connectivity index (χ0n) is 10.8. The molecule has 0 bridgehead atoms. The Balaban J connectivity index is 1.99. The molecule has 104 valence electrons. The van der Waals surface area contributed by atoms with Gasteiger partial charge in [0.15, 0.2) is 0 Å². The van der Waals surface area contributed by atoms with E-state index in [1.165, 1.54) is 0 Å². The van der Waals surface area contributed by atoms with Crippen molar-refractivity contribution in [1.82, 2.24) is 5.32 Å². The minimum atomic E-state index is -0.00147. The number of benzene rings is 1. The summed E-state index contributed by atoms with van der Waals surface area (Å²) < 4.78 is 7.27. The first-order valence-electron chi connectivity index (χ1n) is 6.31. The molecule has 2 rings (SSSR count). The predicted molar refractivity (Wildman–Crippen MR) is 87.4 cm³/mol. The maximum absolute atomic E-state index is 12.2. The van der Waals surface area contributed by atoms with Gasteiger partial charge in [0.05, 0.1) is 5.56 Å². The average molecular weight is 438 g/mol. The van der Waals surface area contributed by atoms with Crippen LogP contribution in [0.3, 0.4) is 0 Å². The van der Waals surface area contributed by atoms with E-state index in [9.17, 15) is 4.79 Å². The zero-order chi connectivity index (χ0) is 13.9. The maximum atomic E-state index is 12.2. The lowest BCUT2D eigenvalue weighted by Crippen LogP contribution is -2.39. The molecule has 0 unspecified atom stereocenters. The summed E-state index contributed by atoms with van der Waals surface area (Å²) >= 11 is 5.59. The smallest absolute Gasteiger partial charge is 0.252 e. The predicted octanol–water partition coefficient (Wildman–Crippen LogP) is 3.60. The van der Waals surface area contributed by atoms with Crippen molar-refractivity contribution >= 4 is 44.4 Å². The molecule has 1 heterocycles. The first kappa shape index (κ1) is 15.3. The number of carbonyl (C=O) groups is 1. The molecule has 19 heavy (non-hydrogen) atoms. The highest BCUT2D eigenvalue weighted by molar-refractivity contribution is 14.1. The normalized spacial score (nSPS) is 18.1. The minimum absolute atomic E-state index is 0.00147. The minimum Gasteiger partial charge on any atom is -0.381 e. The van der Waals surface area contributed by atoms with Gasteiger partial charge in [-0.25, -0.2) is 0 Å². The summed E-state index contributed by atoms with van der Waals surface area (Å²) in [5, 5.41) is 3.06. The lowest BCUT2D eigenvalue weighted by atomic mass is 9.82. The molecule has 1 saturated heterocycles. The molecule has 0 saturated carbocycles. The second-order valence-electron chi connectivity index (χ2n) is 5.23. The summed E-state index contributed by atoms with van der Waals surface area (Å²) in [5.74, 6) is -0.00147. The number of rotatable bonds is 3. The van der Waals surface area contributed by atoms with Crippen LogP contribution in [-0.2, 0) is 4.74 Å². The summed E-state index contributed by atoms with van der Waals surface area (Å²) in [4.78, 5) is 12.2. The van der Waals surface area contributed by atoms with Crippen LogP contribution in [0.2, 0.25) is 0 Å². The van der Waals surface area contributed by atoms with Gasteiger partial charge >= 0.3 is 0 Å². The van der Waals surface area contributed by atoms with E-state index in [4.69, 9.17) is 4.74 Å². The molecule has 0 radical (unpaired) electrons. The number of ether oxygens (including phenoxy) is 1. The molecule has 1 aromatic rings. The van der Waals surface area contributed by atoms with E-state index in [0.717, 1.165) is 39.7 Å². The van der Waals surface area contributed by atoms with Gasteiger partial charge in [-0.3, -0.25) is 4.79 Å². The van der Waals surface area contributed by atoms with E-state index in [0.29, 0.717) is 6.54 Å². The molecular formula is C14H17BrINO2. The van der Waals surface area contributed by atoms with Crippen molar-refractivity contribution in [1.29, 1.82) is 0 Å². The third kappa shape index (κ3) is 4.16. The standard InChI is InChI=1S/C14H17BrINO2/c1-14(4-6-19-7-5-14)9-17-13(18)11-8-10(15)2-3-12(11)16/h2-3,8H,4-7,9H2,1H3,(H,17,18). The number of carbonyl (C=O) groups excluding carboxylic acids is 1. The Bertz CT molecular complexity index is 473. The quantitative estimate of drug-likeness (QED) is 0.733. The highest BCUT2D eigenvalue weighted by atomic mass is 127. The Labute approximate surface area is 135 Å². The molecule has 1 aliphatic rings. The summed E-state index contributed by atoms with van der Waals surface area (Å²) in [5.41, 5.74) is 0.886. The molecule has 5 heteroatoms. The van der Waals surface area contributed by atoms with Crippen molar-refractivity contribution in [2.24, 2.45) is 5.41 Å². The molecule has 1 amide bonds. The summed E-state index contributed by atoms with van der Waals surface area (Å²) in [6.45, 7) is 4.50. The molecule has 1 N–H and O–H groups in total. The van der Waals surface area contributed by atoms with Crippen molar-refractivity contribution in [3.8, 4) is 0 Å². The van der Waals surface area contributed by atoms with Gasteiger partial charge in [-0.2, -0.15) is 0 Å².